The fourth-order valence-electron chi connectivity index (χ4n) is 1.81. The normalized spacial score (nSPS) is 12.3. The molecule has 3 amide bonds. The summed E-state index contributed by atoms with van der Waals surface area (Å²) in [6.07, 6.45) is -4.80. The zero-order valence-electron chi connectivity index (χ0n) is 12.9. The van der Waals surface area contributed by atoms with Crippen LogP contribution in [0.4, 0.5) is 23.7 Å². The molecular formula is C14H18F3N3O3. The van der Waals surface area contributed by atoms with E-state index in [0.717, 1.165) is 12.1 Å². The van der Waals surface area contributed by atoms with Gasteiger partial charge >= 0.3 is 12.4 Å². The van der Waals surface area contributed by atoms with Crippen molar-refractivity contribution in [2.24, 2.45) is 5.92 Å². The zero-order chi connectivity index (χ0) is 17.6. The lowest BCUT2D eigenvalue weighted by Gasteiger charge is -2.21. The molecule has 0 fully saturated rings. The Morgan fingerprint density at radius 1 is 1.35 bits per heavy atom. The SMILES string of the molecule is CNC(=O)[C@@H](C)CN(C)C(=O)Nc1cccc(OC(F)(F)F)c1. The van der Waals surface area contributed by atoms with E-state index in [0.29, 0.717) is 0 Å². The topological polar surface area (TPSA) is 70.7 Å². The van der Waals surface area contributed by atoms with Gasteiger partial charge in [-0.15, -0.1) is 13.2 Å². The van der Waals surface area contributed by atoms with Gasteiger partial charge in [-0.1, -0.05) is 13.0 Å². The number of amides is 3. The van der Waals surface area contributed by atoms with Crippen LogP contribution < -0.4 is 15.4 Å². The number of nitrogens with zero attached hydrogens (tertiary/aromatic N) is 1. The number of nitrogens with one attached hydrogen (secondary N) is 2. The molecule has 0 heterocycles. The summed E-state index contributed by atoms with van der Waals surface area (Å²) in [5, 5.41) is 4.91. The fraction of sp³-hybridized carbons (Fsp3) is 0.429. The van der Waals surface area contributed by atoms with E-state index < -0.39 is 24.1 Å². The third kappa shape index (κ3) is 6.45. The van der Waals surface area contributed by atoms with Crippen molar-refractivity contribution >= 4 is 17.6 Å². The molecule has 1 rings (SSSR count). The third-order valence-electron chi connectivity index (χ3n) is 2.91. The number of urea groups is 1. The van der Waals surface area contributed by atoms with E-state index in [1.54, 1.807) is 6.92 Å². The molecule has 0 saturated carbocycles. The number of hydrogen-bond acceptors (Lipinski definition) is 3. The largest absolute Gasteiger partial charge is 0.573 e. The maximum absolute atomic E-state index is 12.2. The Morgan fingerprint density at radius 2 is 2.00 bits per heavy atom. The lowest BCUT2D eigenvalue weighted by molar-refractivity contribution is -0.274. The summed E-state index contributed by atoms with van der Waals surface area (Å²) >= 11 is 0. The van der Waals surface area contributed by atoms with Gasteiger partial charge in [-0.25, -0.2) is 4.79 Å². The highest BCUT2D eigenvalue weighted by Crippen LogP contribution is 2.25. The lowest BCUT2D eigenvalue weighted by Crippen LogP contribution is -2.39. The molecular weight excluding hydrogens is 315 g/mol. The van der Waals surface area contributed by atoms with E-state index in [1.807, 2.05) is 0 Å². The Balaban J connectivity index is 2.66. The molecule has 0 aromatic heterocycles. The van der Waals surface area contributed by atoms with Gasteiger partial charge in [-0.05, 0) is 12.1 Å². The van der Waals surface area contributed by atoms with Crippen molar-refractivity contribution < 1.29 is 27.5 Å². The first-order valence-corrected chi connectivity index (χ1v) is 6.72. The van der Waals surface area contributed by atoms with Gasteiger partial charge in [-0.3, -0.25) is 4.79 Å². The van der Waals surface area contributed by atoms with Gasteiger partial charge < -0.3 is 20.3 Å². The van der Waals surface area contributed by atoms with Gasteiger partial charge in [0.05, 0.1) is 5.92 Å². The maximum atomic E-state index is 12.2. The second kappa shape index (κ2) is 7.70. The van der Waals surface area contributed by atoms with Crippen LogP contribution in [-0.4, -0.2) is 43.8 Å². The standard InChI is InChI=1S/C14H18F3N3O3/c1-9(12(21)18-2)8-20(3)13(22)19-10-5-4-6-11(7-10)23-14(15,16)17/h4-7,9H,8H2,1-3H3,(H,18,21)(H,19,22)/t9-/m0/s1. The predicted molar refractivity (Wildman–Crippen MR) is 78.0 cm³/mol. The number of carbonyl (C=O) groups excluding carboxylic acids is 2. The van der Waals surface area contributed by atoms with Crippen LogP contribution in [0, 0.1) is 5.92 Å². The van der Waals surface area contributed by atoms with E-state index >= 15 is 0 Å². The minimum absolute atomic E-state index is 0.149. The lowest BCUT2D eigenvalue weighted by atomic mass is 10.1. The van der Waals surface area contributed by atoms with Crippen molar-refractivity contribution in [1.29, 1.82) is 0 Å². The molecule has 9 heteroatoms. The Morgan fingerprint density at radius 3 is 2.57 bits per heavy atom. The van der Waals surface area contributed by atoms with Crippen LogP contribution in [0.1, 0.15) is 6.92 Å². The molecule has 1 atom stereocenters. The number of benzene rings is 1. The van der Waals surface area contributed by atoms with Crippen LogP contribution in [0.15, 0.2) is 24.3 Å². The molecule has 0 aliphatic rings. The summed E-state index contributed by atoms with van der Waals surface area (Å²) in [6.45, 7) is 1.81. The van der Waals surface area contributed by atoms with Crippen molar-refractivity contribution in [3.8, 4) is 5.75 Å². The van der Waals surface area contributed by atoms with E-state index in [-0.39, 0.29) is 18.1 Å². The van der Waals surface area contributed by atoms with Gasteiger partial charge in [0.1, 0.15) is 5.75 Å². The second-order valence-corrected chi connectivity index (χ2v) is 4.90. The number of carbonyl (C=O) groups is 2. The number of anilines is 1. The average Bonchev–Trinajstić information content (AvgIpc) is 2.44. The highest BCUT2D eigenvalue weighted by atomic mass is 19.4. The van der Waals surface area contributed by atoms with Gasteiger partial charge in [0.2, 0.25) is 5.91 Å². The number of hydrogen-bond donors (Lipinski definition) is 2. The molecule has 0 radical (unpaired) electrons. The van der Waals surface area contributed by atoms with Crippen LogP contribution in [0.5, 0.6) is 5.75 Å². The maximum Gasteiger partial charge on any atom is 0.573 e. The van der Waals surface area contributed by atoms with E-state index in [9.17, 15) is 22.8 Å². The van der Waals surface area contributed by atoms with Crippen molar-refractivity contribution in [2.75, 3.05) is 26.0 Å². The highest BCUT2D eigenvalue weighted by Gasteiger charge is 2.31. The van der Waals surface area contributed by atoms with Crippen LogP contribution in [-0.2, 0) is 4.79 Å². The zero-order valence-corrected chi connectivity index (χ0v) is 12.9. The molecule has 6 nitrogen and oxygen atoms in total. The molecule has 0 spiro atoms. The van der Waals surface area contributed by atoms with E-state index in [1.165, 1.54) is 31.1 Å². The Labute approximate surface area is 131 Å². The minimum Gasteiger partial charge on any atom is -0.406 e. The predicted octanol–water partition coefficient (Wildman–Crippen LogP) is 2.43. The molecule has 1 aromatic carbocycles. The first-order chi connectivity index (χ1) is 10.6. The molecule has 0 aliphatic carbocycles. The molecule has 0 saturated heterocycles. The fourth-order valence-corrected chi connectivity index (χ4v) is 1.81. The second-order valence-electron chi connectivity index (χ2n) is 4.90. The Kier molecular flexibility index (Phi) is 6.23. The van der Waals surface area contributed by atoms with Crippen molar-refractivity contribution in [2.45, 2.75) is 13.3 Å². The van der Waals surface area contributed by atoms with Gasteiger partial charge in [-0.2, -0.15) is 0 Å². The molecule has 0 unspecified atom stereocenters. The monoisotopic (exact) mass is 333 g/mol. The summed E-state index contributed by atoms with van der Waals surface area (Å²) in [5.74, 6) is -1.07. The van der Waals surface area contributed by atoms with Crippen molar-refractivity contribution in [3.05, 3.63) is 24.3 Å². The quantitative estimate of drug-likeness (QED) is 0.869. The number of alkyl halides is 3. The molecule has 128 valence electrons. The van der Waals surface area contributed by atoms with Gasteiger partial charge in [0.25, 0.3) is 0 Å². The smallest absolute Gasteiger partial charge is 0.406 e. The highest BCUT2D eigenvalue weighted by molar-refractivity contribution is 5.89. The van der Waals surface area contributed by atoms with E-state index in [4.69, 9.17) is 0 Å². The van der Waals surface area contributed by atoms with E-state index in [2.05, 4.69) is 15.4 Å². The third-order valence-corrected chi connectivity index (χ3v) is 2.91. The van der Waals surface area contributed by atoms with Crippen LogP contribution in [0.3, 0.4) is 0 Å². The summed E-state index contributed by atoms with van der Waals surface area (Å²) in [4.78, 5) is 24.6. The van der Waals surface area contributed by atoms with Crippen molar-refractivity contribution in [3.63, 3.8) is 0 Å². The first kappa shape index (κ1) is 18.6. The van der Waals surface area contributed by atoms with Crippen molar-refractivity contribution in [1.82, 2.24) is 10.2 Å². The molecule has 0 aliphatic heterocycles. The van der Waals surface area contributed by atoms with Gasteiger partial charge in [0, 0.05) is 32.4 Å². The molecule has 23 heavy (non-hydrogen) atoms. The number of ether oxygens (including phenoxy) is 1. The Bertz CT molecular complexity index is 564. The molecule has 2 N–H and O–H groups in total. The summed E-state index contributed by atoms with van der Waals surface area (Å²) in [6, 6.07) is 4.38. The van der Waals surface area contributed by atoms with Crippen LogP contribution >= 0.6 is 0 Å². The molecule has 0 bridgehead atoms. The average molecular weight is 333 g/mol. The van der Waals surface area contributed by atoms with Gasteiger partial charge in [0.15, 0.2) is 0 Å². The summed E-state index contributed by atoms with van der Waals surface area (Å²) < 4.78 is 40.3. The van der Waals surface area contributed by atoms with Crippen LogP contribution in [0.25, 0.3) is 0 Å². The minimum atomic E-state index is -4.80. The number of rotatable bonds is 5. The van der Waals surface area contributed by atoms with Crippen LogP contribution in [0.2, 0.25) is 0 Å². The summed E-state index contributed by atoms with van der Waals surface area (Å²) in [7, 11) is 2.97. The number of halogens is 3. The first-order valence-electron chi connectivity index (χ1n) is 6.72. The summed E-state index contributed by atoms with van der Waals surface area (Å²) in [5.41, 5.74) is 0.149. The Hall–Kier alpha value is -2.45. The molecule has 1 aromatic rings.